The first-order valence-electron chi connectivity index (χ1n) is 7.09. The number of nitrogen functional groups attached to an aromatic ring is 1. The van der Waals surface area contributed by atoms with Crippen LogP contribution < -0.4 is 5.73 Å². The SMILES string of the molecule is Nc1nc2n(n1)CC(c1cnn(-c3ccccc3)c1)CC2. The Morgan fingerprint density at radius 3 is 2.90 bits per heavy atom. The van der Waals surface area contributed by atoms with Crippen molar-refractivity contribution in [1.82, 2.24) is 24.5 Å². The summed E-state index contributed by atoms with van der Waals surface area (Å²) in [5, 5.41) is 8.72. The number of para-hydroxylation sites is 1. The molecule has 4 rings (SSSR count). The second kappa shape index (κ2) is 4.73. The minimum absolute atomic E-state index is 0.366. The molecule has 6 nitrogen and oxygen atoms in total. The average Bonchev–Trinajstić information content (AvgIpc) is 3.12. The van der Waals surface area contributed by atoms with Gasteiger partial charge in [0.05, 0.1) is 18.4 Å². The smallest absolute Gasteiger partial charge is 0.239 e. The molecule has 0 aliphatic carbocycles. The molecule has 0 saturated heterocycles. The Hall–Kier alpha value is -2.63. The topological polar surface area (TPSA) is 74.6 Å². The highest BCUT2D eigenvalue weighted by Gasteiger charge is 2.23. The maximum Gasteiger partial charge on any atom is 0.239 e. The van der Waals surface area contributed by atoms with Crippen molar-refractivity contribution in [3.63, 3.8) is 0 Å². The number of hydrogen-bond acceptors (Lipinski definition) is 4. The lowest BCUT2D eigenvalue weighted by atomic mass is 9.94. The fourth-order valence-electron chi connectivity index (χ4n) is 2.87. The first kappa shape index (κ1) is 12.1. The van der Waals surface area contributed by atoms with Crippen molar-refractivity contribution in [3.8, 4) is 5.69 Å². The molecule has 0 bridgehead atoms. The number of rotatable bonds is 2. The lowest BCUT2D eigenvalue weighted by Crippen LogP contribution is -2.19. The third-order valence-corrected chi connectivity index (χ3v) is 3.97. The number of nitrogens with zero attached hydrogens (tertiary/aromatic N) is 5. The van der Waals surface area contributed by atoms with Crippen molar-refractivity contribution in [2.24, 2.45) is 0 Å². The number of aryl methyl sites for hydroxylation is 1. The lowest BCUT2D eigenvalue weighted by molar-refractivity contribution is 0.423. The van der Waals surface area contributed by atoms with Gasteiger partial charge in [0.15, 0.2) is 0 Å². The minimum atomic E-state index is 0.366. The Balaban J connectivity index is 1.60. The lowest BCUT2D eigenvalue weighted by Gasteiger charge is -2.21. The van der Waals surface area contributed by atoms with E-state index >= 15 is 0 Å². The standard InChI is InChI=1S/C15H16N6/c16-15-18-14-7-6-11(9-21(14)19-15)12-8-17-20(10-12)13-4-2-1-3-5-13/h1-5,8,10-11H,6-7,9H2,(H2,16,19). The van der Waals surface area contributed by atoms with E-state index in [1.54, 1.807) is 0 Å². The van der Waals surface area contributed by atoms with E-state index in [0.717, 1.165) is 30.9 Å². The van der Waals surface area contributed by atoms with Gasteiger partial charge in [-0.3, -0.25) is 0 Å². The molecule has 2 N–H and O–H groups in total. The molecule has 1 aliphatic rings. The van der Waals surface area contributed by atoms with E-state index < -0.39 is 0 Å². The number of aromatic nitrogens is 5. The summed E-state index contributed by atoms with van der Waals surface area (Å²) in [7, 11) is 0. The van der Waals surface area contributed by atoms with Crippen molar-refractivity contribution in [2.45, 2.75) is 25.3 Å². The van der Waals surface area contributed by atoms with Crippen LogP contribution in [0.3, 0.4) is 0 Å². The highest BCUT2D eigenvalue weighted by molar-refractivity contribution is 5.31. The highest BCUT2D eigenvalue weighted by atomic mass is 15.4. The summed E-state index contributed by atoms with van der Waals surface area (Å²) in [6.07, 6.45) is 6.01. The quantitative estimate of drug-likeness (QED) is 0.776. The monoisotopic (exact) mass is 280 g/mol. The van der Waals surface area contributed by atoms with Gasteiger partial charge in [0.1, 0.15) is 5.82 Å². The molecule has 0 spiro atoms. The molecule has 0 fully saturated rings. The molecule has 2 aromatic heterocycles. The molecule has 3 aromatic rings. The van der Waals surface area contributed by atoms with E-state index in [0.29, 0.717) is 11.9 Å². The summed E-state index contributed by atoms with van der Waals surface area (Å²) >= 11 is 0. The fraction of sp³-hybridized carbons (Fsp3) is 0.267. The van der Waals surface area contributed by atoms with E-state index in [9.17, 15) is 0 Å². The third-order valence-electron chi connectivity index (χ3n) is 3.97. The van der Waals surface area contributed by atoms with E-state index in [-0.39, 0.29) is 0 Å². The van der Waals surface area contributed by atoms with Gasteiger partial charge in [-0.1, -0.05) is 18.2 Å². The van der Waals surface area contributed by atoms with Crippen molar-refractivity contribution < 1.29 is 0 Å². The zero-order valence-corrected chi connectivity index (χ0v) is 11.6. The first-order chi connectivity index (χ1) is 10.3. The Morgan fingerprint density at radius 1 is 1.19 bits per heavy atom. The van der Waals surface area contributed by atoms with Crippen molar-refractivity contribution >= 4 is 5.95 Å². The Morgan fingerprint density at radius 2 is 2.05 bits per heavy atom. The molecular formula is C15H16N6. The van der Waals surface area contributed by atoms with Gasteiger partial charge < -0.3 is 5.73 Å². The van der Waals surface area contributed by atoms with Crippen molar-refractivity contribution in [2.75, 3.05) is 5.73 Å². The van der Waals surface area contributed by atoms with E-state index in [2.05, 4.69) is 21.4 Å². The molecule has 1 unspecified atom stereocenters. The molecule has 6 heteroatoms. The zero-order chi connectivity index (χ0) is 14.2. The molecule has 1 aromatic carbocycles. The molecule has 1 aliphatic heterocycles. The predicted octanol–water partition coefficient (Wildman–Crippen LogP) is 1.78. The van der Waals surface area contributed by atoms with Crippen molar-refractivity contribution in [3.05, 3.63) is 54.1 Å². The molecule has 0 amide bonds. The van der Waals surface area contributed by atoms with Crippen LogP contribution >= 0.6 is 0 Å². The van der Waals surface area contributed by atoms with Crippen LogP contribution in [-0.4, -0.2) is 24.5 Å². The molecular weight excluding hydrogens is 264 g/mol. The molecule has 0 radical (unpaired) electrons. The summed E-state index contributed by atoms with van der Waals surface area (Å²) in [4.78, 5) is 4.24. The fourth-order valence-corrected chi connectivity index (χ4v) is 2.87. The van der Waals surface area contributed by atoms with Crippen LogP contribution in [-0.2, 0) is 13.0 Å². The minimum Gasteiger partial charge on any atom is -0.366 e. The van der Waals surface area contributed by atoms with Gasteiger partial charge >= 0.3 is 0 Å². The Kier molecular flexibility index (Phi) is 2.73. The maximum absolute atomic E-state index is 5.66. The molecule has 21 heavy (non-hydrogen) atoms. The van der Waals surface area contributed by atoms with Gasteiger partial charge in [-0.2, -0.15) is 10.1 Å². The third kappa shape index (κ3) is 2.18. The number of hydrogen-bond donors (Lipinski definition) is 1. The van der Waals surface area contributed by atoms with Crippen LogP contribution in [0.5, 0.6) is 0 Å². The largest absolute Gasteiger partial charge is 0.366 e. The maximum atomic E-state index is 5.66. The average molecular weight is 280 g/mol. The van der Waals surface area contributed by atoms with Gasteiger partial charge in [-0.25, -0.2) is 9.36 Å². The van der Waals surface area contributed by atoms with Crippen LogP contribution in [0, 0.1) is 0 Å². The van der Waals surface area contributed by atoms with Crippen LogP contribution in [0.4, 0.5) is 5.95 Å². The Labute approximate surface area is 122 Å². The van der Waals surface area contributed by atoms with Gasteiger partial charge in [0.2, 0.25) is 5.95 Å². The van der Waals surface area contributed by atoms with Crippen molar-refractivity contribution in [1.29, 1.82) is 0 Å². The van der Waals surface area contributed by atoms with Gasteiger partial charge in [-0.15, -0.1) is 5.10 Å². The van der Waals surface area contributed by atoms with Crippen LogP contribution in [0.2, 0.25) is 0 Å². The molecule has 106 valence electrons. The number of nitrogens with two attached hydrogens (primary N) is 1. The first-order valence-corrected chi connectivity index (χ1v) is 7.09. The summed E-state index contributed by atoms with van der Waals surface area (Å²) < 4.78 is 3.84. The zero-order valence-electron chi connectivity index (χ0n) is 11.6. The van der Waals surface area contributed by atoms with Gasteiger partial charge in [-0.05, 0) is 24.1 Å². The number of anilines is 1. The van der Waals surface area contributed by atoms with E-state index in [1.165, 1.54) is 5.56 Å². The summed E-state index contributed by atoms with van der Waals surface area (Å²) in [6, 6.07) is 10.1. The summed E-state index contributed by atoms with van der Waals surface area (Å²) in [6.45, 7) is 0.819. The van der Waals surface area contributed by atoms with Gasteiger partial charge in [0, 0.05) is 18.5 Å². The molecule has 1 atom stereocenters. The number of fused-ring (bicyclic) bond motifs is 1. The van der Waals surface area contributed by atoms with Crippen LogP contribution in [0.1, 0.15) is 23.7 Å². The van der Waals surface area contributed by atoms with Crippen LogP contribution in [0.15, 0.2) is 42.7 Å². The molecule has 3 heterocycles. The summed E-state index contributed by atoms with van der Waals surface area (Å²) in [5.74, 6) is 1.76. The van der Waals surface area contributed by atoms with Gasteiger partial charge in [0.25, 0.3) is 0 Å². The second-order valence-electron chi connectivity index (χ2n) is 5.36. The van der Waals surface area contributed by atoms with E-state index in [4.69, 9.17) is 5.73 Å². The predicted molar refractivity (Wildman–Crippen MR) is 79.1 cm³/mol. The highest BCUT2D eigenvalue weighted by Crippen LogP contribution is 2.28. The normalized spacial score (nSPS) is 17.6. The molecule has 0 saturated carbocycles. The van der Waals surface area contributed by atoms with Crippen LogP contribution in [0.25, 0.3) is 5.69 Å². The Bertz CT molecular complexity index is 758. The summed E-state index contributed by atoms with van der Waals surface area (Å²) in [5.41, 5.74) is 7.97. The second-order valence-corrected chi connectivity index (χ2v) is 5.36. The number of benzene rings is 1. The van der Waals surface area contributed by atoms with E-state index in [1.807, 2.05) is 45.9 Å².